The van der Waals surface area contributed by atoms with Crippen molar-refractivity contribution in [3.8, 4) is 0 Å². The van der Waals surface area contributed by atoms with E-state index in [-0.39, 0.29) is 5.54 Å². The summed E-state index contributed by atoms with van der Waals surface area (Å²) >= 11 is 0. The Balaban J connectivity index is 1.61. The number of rotatable bonds is 6. The van der Waals surface area contributed by atoms with Gasteiger partial charge in [-0.25, -0.2) is 0 Å². The second-order valence-corrected chi connectivity index (χ2v) is 8.97. The van der Waals surface area contributed by atoms with Gasteiger partial charge >= 0.3 is 12.1 Å². The molecule has 0 aromatic heterocycles. The summed E-state index contributed by atoms with van der Waals surface area (Å²) in [6.45, 7) is 2.67. The molecule has 8 heteroatoms. The third-order valence-electron chi connectivity index (χ3n) is 5.01. The van der Waals surface area contributed by atoms with Crippen LogP contribution in [0.15, 0.2) is 54.6 Å². The van der Waals surface area contributed by atoms with Crippen LogP contribution < -0.4 is 9.88 Å². The Hall–Kier alpha value is -2.32. The van der Waals surface area contributed by atoms with Gasteiger partial charge < -0.3 is 15.0 Å². The first-order chi connectivity index (χ1) is 12.7. The summed E-state index contributed by atoms with van der Waals surface area (Å²) in [5, 5.41) is 9.67. The molecular formula is C19H21F3N2O2Si. The summed E-state index contributed by atoms with van der Waals surface area (Å²) < 4.78 is 38.0. The van der Waals surface area contributed by atoms with Crippen LogP contribution >= 0.6 is 0 Å². The van der Waals surface area contributed by atoms with E-state index in [4.69, 9.17) is 0 Å². The highest BCUT2D eigenvalue weighted by atomic mass is 28.2. The number of hydrogen-bond acceptors (Lipinski definition) is 3. The first-order valence-corrected chi connectivity index (χ1v) is 10.2. The molecule has 4 nitrogen and oxygen atoms in total. The molecule has 0 saturated carbocycles. The maximum absolute atomic E-state index is 12.7. The predicted octanol–water partition coefficient (Wildman–Crippen LogP) is 2.78. The van der Waals surface area contributed by atoms with Gasteiger partial charge in [-0.05, 0) is 35.4 Å². The van der Waals surface area contributed by atoms with Crippen LogP contribution in [-0.4, -0.2) is 39.4 Å². The van der Waals surface area contributed by atoms with Gasteiger partial charge in [0.05, 0.1) is 5.56 Å². The maximum atomic E-state index is 12.7. The molecule has 2 N–H and O–H groups in total. The fourth-order valence-corrected chi connectivity index (χ4v) is 4.80. The number of benzene rings is 2. The molecule has 2 aromatic rings. The van der Waals surface area contributed by atoms with Crippen molar-refractivity contribution in [2.75, 3.05) is 18.0 Å². The van der Waals surface area contributed by atoms with Crippen LogP contribution in [0.5, 0.6) is 0 Å². The number of nitrogens with zero attached hydrogens (tertiary/aromatic N) is 1. The lowest BCUT2D eigenvalue weighted by Crippen LogP contribution is -2.74. The highest BCUT2D eigenvalue weighted by molar-refractivity contribution is 6.35. The topological polar surface area (TPSA) is 52.6 Å². The van der Waals surface area contributed by atoms with Crippen molar-refractivity contribution in [3.05, 3.63) is 65.7 Å². The lowest BCUT2D eigenvalue weighted by Gasteiger charge is -2.49. The second kappa shape index (κ2) is 7.36. The van der Waals surface area contributed by atoms with Crippen LogP contribution in [-0.2, 0) is 11.0 Å². The molecule has 1 heterocycles. The quantitative estimate of drug-likeness (QED) is 0.740. The van der Waals surface area contributed by atoms with Crippen LogP contribution in [0.1, 0.15) is 23.6 Å². The number of nitrogens with one attached hydrogen (secondary N) is 1. The van der Waals surface area contributed by atoms with E-state index >= 15 is 0 Å². The van der Waals surface area contributed by atoms with Gasteiger partial charge in [-0.3, -0.25) is 4.79 Å². The number of aliphatic carboxylic acids is 1. The molecule has 2 aromatic carbocycles. The molecule has 0 aliphatic carbocycles. The zero-order valence-corrected chi connectivity index (χ0v) is 16.2. The fraction of sp³-hybridized carbons (Fsp3) is 0.316. The van der Waals surface area contributed by atoms with Crippen molar-refractivity contribution in [2.45, 2.75) is 24.2 Å². The summed E-state index contributed by atoms with van der Waals surface area (Å²) in [6, 6.07) is 14.7. The third kappa shape index (κ3) is 4.17. The van der Waals surface area contributed by atoms with E-state index in [0.29, 0.717) is 13.1 Å². The standard InChI is InChI=1S/C19H21F3N2O2Si/c1-13(14-7-9-15(10-8-14)19(20,21)22)27-23-18(17(25)26)11-24(12-18)16-5-3-2-4-6-16/h2-10,13,23H,11-12,27H2,1H3,(H,25,26)/t13-/m0/s1. The van der Waals surface area contributed by atoms with Crippen molar-refractivity contribution in [1.82, 2.24) is 4.98 Å². The lowest BCUT2D eigenvalue weighted by atomic mass is 9.90. The molecule has 0 unspecified atom stereocenters. The SMILES string of the molecule is C[C@H]([SiH2]NC1(C(=O)O)CN(c2ccccc2)C1)c1ccc(C(F)(F)F)cc1. The van der Waals surface area contributed by atoms with Crippen LogP contribution in [0.4, 0.5) is 18.9 Å². The predicted molar refractivity (Wildman–Crippen MR) is 101 cm³/mol. The molecule has 1 aliphatic rings. The number of alkyl halides is 3. The van der Waals surface area contributed by atoms with Crippen molar-refractivity contribution >= 4 is 21.3 Å². The van der Waals surface area contributed by atoms with E-state index in [2.05, 4.69) is 4.98 Å². The Labute approximate surface area is 157 Å². The minimum absolute atomic E-state index is 0.0225. The fourth-order valence-electron chi connectivity index (χ4n) is 3.22. The summed E-state index contributed by atoms with van der Waals surface area (Å²) in [6.07, 6.45) is -4.35. The summed E-state index contributed by atoms with van der Waals surface area (Å²) in [4.78, 5) is 17.0. The first kappa shape index (κ1) is 19.4. The smallest absolute Gasteiger partial charge is 0.416 e. The normalized spacial score (nSPS) is 17.7. The number of carboxylic acid groups (broad SMARTS) is 1. The lowest BCUT2D eigenvalue weighted by molar-refractivity contribution is -0.145. The van der Waals surface area contributed by atoms with Gasteiger partial charge in [0, 0.05) is 18.8 Å². The maximum Gasteiger partial charge on any atom is 0.416 e. The molecule has 1 saturated heterocycles. The second-order valence-electron chi connectivity index (χ2n) is 6.98. The van der Waals surface area contributed by atoms with Crippen LogP contribution in [0, 0.1) is 0 Å². The average molecular weight is 394 g/mol. The molecule has 0 spiro atoms. The summed E-state index contributed by atoms with van der Waals surface area (Å²) in [5.41, 5.74) is 0.139. The van der Waals surface area contributed by atoms with Gasteiger partial charge in [-0.2, -0.15) is 13.2 Å². The molecule has 1 aliphatic heterocycles. The number of anilines is 1. The van der Waals surface area contributed by atoms with Crippen LogP contribution in [0.3, 0.4) is 0 Å². The minimum atomic E-state index is -4.35. The van der Waals surface area contributed by atoms with Crippen molar-refractivity contribution in [2.24, 2.45) is 0 Å². The minimum Gasteiger partial charge on any atom is -0.480 e. The molecule has 0 bridgehead atoms. The number of carbonyl (C=O) groups is 1. The number of para-hydroxylation sites is 1. The van der Waals surface area contributed by atoms with Gasteiger partial charge in [0.1, 0.15) is 15.2 Å². The largest absolute Gasteiger partial charge is 0.480 e. The van der Waals surface area contributed by atoms with Gasteiger partial charge in [-0.15, -0.1) is 0 Å². The number of halogens is 3. The average Bonchev–Trinajstić information content (AvgIpc) is 2.60. The van der Waals surface area contributed by atoms with Gasteiger partial charge in [0.15, 0.2) is 0 Å². The molecule has 3 rings (SSSR count). The van der Waals surface area contributed by atoms with E-state index in [1.54, 1.807) is 0 Å². The molecule has 1 atom stereocenters. The van der Waals surface area contributed by atoms with Gasteiger partial charge in [0.25, 0.3) is 0 Å². The third-order valence-corrected chi connectivity index (χ3v) is 6.97. The Bertz CT molecular complexity index is 791. The van der Waals surface area contributed by atoms with E-state index in [9.17, 15) is 23.1 Å². The number of carboxylic acids is 1. The Morgan fingerprint density at radius 2 is 1.74 bits per heavy atom. The van der Waals surface area contributed by atoms with Crippen molar-refractivity contribution < 1.29 is 23.1 Å². The summed E-state index contributed by atoms with van der Waals surface area (Å²) in [7, 11) is -1.06. The molecule has 144 valence electrons. The van der Waals surface area contributed by atoms with Gasteiger partial charge in [-0.1, -0.05) is 37.3 Å². The van der Waals surface area contributed by atoms with E-state index in [0.717, 1.165) is 23.4 Å². The molecule has 0 amide bonds. The van der Waals surface area contributed by atoms with E-state index < -0.39 is 32.9 Å². The Morgan fingerprint density at radius 3 is 2.26 bits per heavy atom. The first-order valence-electron chi connectivity index (χ1n) is 8.67. The van der Waals surface area contributed by atoms with Gasteiger partial charge in [0.2, 0.25) is 0 Å². The Kier molecular flexibility index (Phi) is 5.30. The zero-order chi connectivity index (χ0) is 19.7. The zero-order valence-electron chi connectivity index (χ0n) is 14.8. The number of hydrogen-bond donors (Lipinski definition) is 2. The molecule has 0 radical (unpaired) electrons. The highest BCUT2D eigenvalue weighted by Crippen LogP contribution is 2.31. The van der Waals surface area contributed by atoms with E-state index in [1.807, 2.05) is 42.2 Å². The van der Waals surface area contributed by atoms with Crippen LogP contribution in [0.25, 0.3) is 0 Å². The monoisotopic (exact) mass is 394 g/mol. The molecular weight excluding hydrogens is 373 g/mol. The Morgan fingerprint density at radius 1 is 1.15 bits per heavy atom. The summed E-state index contributed by atoms with van der Waals surface area (Å²) in [5.74, 6) is -0.887. The van der Waals surface area contributed by atoms with E-state index in [1.165, 1.54) is 12.1 Å². The van der Waals surface area contributed by atoms with Crippen LogP contribution in [0.2, 0.25) is 0 Å². The highest BCUT2D eigenvalue weighted by Gasteiger charge is 2.49. The van der Waals surface area contributed by atoms with Crippen molar-refractivity contribution in [3.63, 3.8) is 0 Å². The van der Waals surface area contributed by atoms with Crippen molar-refractivity contribution in [1.29, 1.82) is 0 Å². The molecule has 1 fully saturated rings. The molecule has 27 heavy (non-hydrogen) atoms.